The fourth-order valence-corrected chi connectivity index (χ4v) is 2.72. The number of hydrogen-bond acceptors (Lipinski definition) is 5. The Morgan fingerprint density at radius 2 is 1.88 bits per heavy atom. The number of carbonyl (C=O) groups is 1. The van der Waals surface area contributed by atoms with E-state index in [1.165, 1.54) is 24.5 Å². The molecule has 1 aliphatic rings. The van der Waals surface area contributed by atoms with E-state index in [1.54, 1.807) is 12.1 Å². The van der Waals surface area contributed by atoms with Crippen LogP contribution in [0.2, 0.25) is 0 Å². The summed E-state index contributed by atoms with van der Waals surface area (Å²) in [7, 11) is 0. The number of nitrogens with zero attached hydrogens (tertiary/aromatic N) is 3. The molecule has 1 unspecified atom stereocenters. The van der Waals surface area contributed by atoms with Crippen molar-refractivity contribution in [3.8, 4) is 0 Å². The SMILES string of the molecule is CCC(NC(=O)c1cnc(N2CCOCC2)nc1)c1ccc(F)cc1. The van der Waals surface area contributed by atoms with Gasteiger partial charge >= 0.3 is 0 Å². The van der Waals surface area contributed by atoms with Gasteiger partial charge in [0.25, 0.3) is 5.91 Å². The molecule has 0 spiro atoms. The van der Waals surface area contributed by atoms with E-state index >= 15 is 0 Å². The summed E-state index contributed by atoms with van der Waals surface area (Å²) >= 11 is 0. The molecule has 1 aliphatic heterocycles. The number of morpholine rings is 1. The molecule has 1 saturated heterocycles. The molecule has 132 valence electrons. The number of carbonyl (C=O) groups excluding carboxylic acids is 1. The molecule has 25 heavy (non-hydrogen) atoms. The summed E-state index contributed by atoms with van der Waals surface area (Å²) in [6.07, 6.45) is 3.76. The minimum atomic E-state index is -0.294. The highest BCUT2D eigenvalue weighted by molar-refractivity contribution is 5.93. The molecule has 0 bridgehead atoms. The van der Waals surface area contributed by atoms with Gasteiger partial charge in [-0.3, -0.25) is 4.79 Å². The summed E-state index contributed by atoms with van der Waals surface area (Å²) in [6.45, 7) is 4.76. The lowest BCUT2D eigenvalue weighted by molar-refractivity contribution is 0.0934. The lowest BCUT2D eigenvalue weighted by Gasteiger charge is -2.26. The Morgan fingerprint density at radius 3 is 2.48 bits per heavy atom. The Hall–Kier alpha value is -2.54. The van der Waals surface area contributed by atoms with Crippen molar-refractivity contribution in [1.29, 1.82) is 0 Å². The zero-order valence-electron chi connectivity index (χ0n) is 14.1. The summed E-state index contributed by atoms with van der Waals surface area (Å²) in [5, 5.41) is 2.94. The quantitative estimate of drug-likeness (QED) is 0.902. The van der Waals surface area contributed by atoms with Crippen LogP contribution < -0.4 is 10.2 Å². The summed E-state index contributed by atoms with van der Waals surface area (Å²) in [4.78, 5) is 23.0. The average Bonchev–Trinajstić information content (AvgIpc) is 2.67. The number of hydrogen-bond donors (Lipinski definition) is 1. The van der Waals surface area contributed by atoms with Crippen LogP contribution in [0.25, 0.3) is 0 Å². The normalized spacial score (nSPS) is 15.7. The van der Waals surface area contributed by atoms with Gasteiger partial charge in [0.15, 0.2) is 0 Å². The maximum absolute atomic E-state index is 13.1. The van der Waals surface area contributed by atoms with E-state index in [1.807, 2.05) is 11.8 Å². The van der Waals surface area contributed by atoms with Gasteiger partial charge in [-0.25, -0.2) is 14.4 Å². The van der Waals surface area contributed by atoms with Crippen LogP contribution in [0.1, 0.15) is 35.3 Å². The van der Waals surface area contributed by atoms with Gasteiger partial charge in [-0.05, 0) is 24.1 Å². The molecule has 1 atom stereocenters. The maximum atomic E-state index is 13.1. The van der Waals surface area contributed by atoms with E-state index < -0.39 is 0 Å². The predicted molar refractivity (Wildman–Crippen MR) is 92.0 cm³/mol. The van der Waals surface area contributed by atoms with Gasteiger partial charge in [-0.1, -0.05) is 19.1 Å². The zero-order valence-corrected chi connectivity index (χ0v) is 14.1. The second kappa shape index (κ2) is 8.02. The topological polar surface area (TPSA) is 67.4 Å². The molecule has 3 rings (SSSR count). The number of nitrogens with one attached hydrogen (secondary N) is 1. The highest BCUT2D eigenvalue weighted by Crippen LogP contribution is 2.18. The van der Waals surface area contributed by atoms with Gasteiger partial charge in [0, 0.05) is 25.5 Å². The molecule has 1 fully saturated rings. The highest BCUT2D eigenvalue weighted by atomic mass is 19.1. The van der Waals surface area contributed by atoms with Crippen LogP contribution >= 0.6 is 0 Å². The Kier molecular flexibility index (Phi) is 5.55. The summed E-state index contributed by atoms with van der Waals surface area (Å²) in [5.41, 5.74) is 1.26. The zero-order chi connectivity index (χ0) is 17.6. The number of benzene rings is 1. The molecular weight excluding hydrogens is 323 g/mol. The lowest BCUT2D eigenvalue weighted by atomic mass is 10.0. The Balaban J connectivity index is 1.66. The molecule has 1 N–H and O–H groups in total. The lowest BCUT2D eigenvalue weighted by Crippen LogP contribution is -2.37. The van der Waals surface area contributed by atoms with Crippen molar-refractivity contribution in [3.05, 3.63) is 53.6 Å². The molecule has 2 heterocycles. The second-order valence-corrected chi connectivity index (χ2v) is 5.86. The Bertz CT molecular complexity index is 700. The number of aromatic nitrogens is 2. The monoisotopic (exact) mass is 344 g/mol. The Labute approximate surface area is 146 Å². The van der Waals surface area contributed by atoms with E-state index in [-0.39, 0.29) is 17.8 Å². The molecule has 0 saturated carbocycles. The fourth-order valence-electron chi connectivity index (χ4n) is 2.72. The van der Waals surface area contributed by atoms with Crippen molar-refractivity contribution in [2.45, 2.75) is 19.4 Å². The van der Waals surface area contributed by atoms with Gasteiger partial charge in [0.05, 0.1) is 24.8 Å². The third kappa shape index (κ3) is 4.30. The van der Waals surface area contributed by atoms with Gasteiger partial charge in [-0.15, -0.1) is 0 Å². The minimum Gasteiger partial charge on any atom is -0.378 e. The molecule has 1 amide bonds. The molecule has 1 aromatic carbocycles. The van der Waals surface area contributed by atoms with Gasteiger partial charge in [0.1, 0.15) is 5.82 Å². The first kappa shape index (κ1) is 17.3. The minimum absolute atomic E-state index is 0.188. The standard InChI is InChI=1S/C18H21FN4O2/c1-2-16(13-3-5-15(19)6-4-13)22-17(24)14-11-20-18(21-12-14)23-7-9-25-10-8-23/h3-6,11-12,16H,2,7-10H2,1H3,(H,22,24). The van der Waals surface area contributed by atoms with Gasteiger partial charge in [0.2, 0.25) is 5.95 Å². The summed E-state index contributed by atoms with van der Waals surface area (Å²) in [5.74, 6) is 0.0622. The molecule has 2 aromatic rings. The van der Waals surface area contributed by atoms with E-state index in [0.29, 0.717) is 31.1 Å². The van der Waals surface area contributed by atoms with Crippen LogP contribution in [0.4, 0.5) is 10.3 Å². The number of ether oxygens (including phenoxy) is 1. The van der Waals surface area contributed by atoms with Crippen molar-refractivity contribution >= 4 is 11.9 Å². The van der Waals surface area contributed by atoms with Crippen LogP contribution in [-0.4, -0.2) is 42.2 Å². The van der Waals surface area contributed by atoms with E-state index in [2.05, 4.69) is 15.3 Å². The van der Waals surface area contributed by atoms with Crippen LogP contribution in [0.3, 0.4) is 0 Å². The van der Waals surface area contributed by atoms with Crippen molar-refractivity contribution in [3.63, 3.8) is 0 Å². The number of rotatable bonds is 5. The van der Waals surface area contributed by atoms with E-state index in [0.717, 1.165) is 18.7 Å². The van der Waals surface area contributed by atoms with Crippen molar-refractivity contribution in [2.75, 3.05) is 31.2 Å². The van der Waals surface area contributed by atoms with Crippen LogP contribution in [0.15, 0.2) is 36.7 Å². The molecule has 6 nitrogen and oxygen atoms in total. The van der Waals surface area contributed by atoms with Crippen LogP contribution in [0.5, 0.6) is 0 Å². The number of anilines is 1. The first-order valence-electron chi connectivity index (χ1n) is 8.38. The van der Waals surface area contributed by atoms with E-state index in [9.17, 15) is 9.18 Å². The average molecular weight is 344 g/mol. The van der Waals surface area contributed by atoms with Crippen LogP contribution in [0, 0.1) is 5.82 Å². The molecule has 0 radical (unpaired) electrons. The highest BCUT2D eigenvalue weighted by Gasteiger charge is 2.17. The van der Waals surface area contributed by atoms with Gasteiger partial charge < -0.3 is 15.0 Å². The third-order valence-corrected chi connectivity index (χ3v) is 4.18. The predicted octanol–water partition coefficient (Wildman–Crippen LogP) is 2.33. The first-order chi connectivity index (χ1) is 12.2. The second-order valence-electron chi connectivity index (χ2n) is 5.86. The first-order valence-corrected chi connectivity index (χ1v) is 8.38. The van der Waals surface area contributed by atoms with Crippen molar-refractivity contribution in [2.24, 2.45) is 0 Å². The molecule has 0 aliphatic carbocycles. The Morgan fingerprint density at radius 1 is 1.24 bits per heavy atom. The summed E-state index contributed by atoms with van der Waals surface area (Å²) < 4.78 is 18.4. The van der Waals surface area contributed by atoms with Crippen molar-refractivity contribution < 1.29 is 13.9 Å². The maximum Gasteiger partial charge on any atom is 0.254 e. The largest absolute Gasteiger partial charge is 0.378 e. The van der Waals surface area contributed by atoms with Gasteiger partial charge in [-0.2, -0.15) is 0 Å². The molecule has 1 aromatic heterocycles. The van der Waals surface area contributed by atoms with Crippen LogP contribution in [-0.2, 0) is 4.74 Å². The number of amides is 1. The third-order valence-electron chi connectivity index (χ3n) is 4.18. The fraction of sp³-hybridized carbons (Fsp3) is 0.389. The number of halogens is 1. The summed E-state index contributed by atoms with van der Waals surface area (Å²) in [6, 6.07) is 5.96. The smallest absolute Gasteiger partial charge is 0.254 e. The van der Waals surface area contributed by atoms with Crippen molar-refractivity contribution in [1.82, 2.24) is 15.3 Å². The molecule has 7 heteroatoms. The van der Waals surface area contributed by atoms with E-state index in [4.69, 9.17) is 4.74 Å². The molecular formula is C18H21FN4O2.